The van der Waals surface area contributed by atoms with Crippen LogP contribution in [0.15, 0.2) is 12.7 Å². The Bertz CT molecular complexity index is 109. The van der Waals surface area contributed by atoms with Crippen LogP contribution in [0.1, 0.15) is 20.8 Å². The third-order valence-electron chi connectivity index (χ3n) is 1.51. The van der Waals surface area contributed by atoms with Gasteiger partial charge in [-0.15, -0.1) is 19.0 Å². The Morgan fingerprint density at radius 2 is 2.09 bits per heavy atom. The normalized spacial score (nSPS) is 13.5. The molecule has 0 heterocycles. The van der Waals surface area contributed by atoms with E-state index in [1.54, 1.807) is 6.08 Å². The highest BCUT2D eigenvalue weighted by Crippen LogP contribution is 2.07. The molecule has 11 heavy (non-hydrogen) atoms. The van der Waals surface area contributed by atoms with Crippen molar-refractivity contribution in [3.05, 3.63) is 12.7 Å². The highest BCUT2D eigenvalue weighted by Gasteiger charge is 2.20. The molecule has 0 aromatic rings. The second-order valence-electron chi connectivity index (χ2n) is 3.09. The molecule has 0 aliphatic carbocycles. The van der Waals surface area contributed by atoms with Gasteiger partial charge in [-0.25, -0.2) is 0 Å². The molecule has 2 N–H and O–H groups in total. The number of hydrogen-bond donors (Lipinski definition) is 1. The number of rotatable bonds is 4. The highest BCUT2D eigenvalue weighted by molar-refractivity contribution is 5.85. The molecular formula is C8H18ClNO. The van der Waals surface area contributed by atoms with Gasteiger partial charge in [0.05, 0.1) is 12.7 Å². The summed E-state index contributed by atoms with van der Waals surface area (Å²) in [5.41, 5.74) is 5.50. The van der Waals surface area contributed by atoms with Crippen LogP contribution in [0.25, 0.3) is 0 Å². The van der Waals surface area contributed by atoms with Gasteiger partial charge >= 0.3 is 0 Å². The lowest BCUT2D eigenvalue weighted by Gasteiger charge is -2.26. The molecule has 68 valence electrons. The number of halogens is 1. The molecule has 0 amide bonds. The first-order valence-electron chi connectivity index (χ1n) is 3.50. The maximum absolute atomic E-state index is 5.76. The minimum Gasteiger partial charge on any atom is -0.373 e. The van der Waals surface area contributed by atoms with Crippen molar-refractivity contribution in [1.82, 2.24) is 0 Å². The third kappa shape index (κ3) is 6.35. The zero-order valence-electron chi connectivity index (χ0n) is 7.46. The molecule has 3 heteroatoms. The smallest absolute Gasteiger partial charge is 0.0725 e. The summed E-state index contributed by atoms with van der Waals surface area (Å²) in [5, 5.41) is 0. The summed E-state index contributed by atoms with van der Waals surface area (Å²) in [5.74, 6) is 0. The average Bonchev–Trinajstić information content (AvgIpc) is 1.80. The van der Waals surface area contributed by atoms with Crippen LogP contribution in [0.5, 0.6) is 0 Å². The first-order valence-corrected chi connectivity index (χ1v) is 3.50. The predicted molar refractivity (Wildman–Crippen MR) is 51.1 cm³/mol. The summed E-state index contributed by atoms with van der Waals surface area (Å²) in [7, 11) is 0. The first kappa shape index (κ1) is 13.5. The van der Waals surface area contributed by atoms with E-state index in [-0.39, 0.29) is 24.0 Å². The van der Waals surface area contributed by atoms with Gasteiger partial charge in [-0.3, -0.25) is 0 Å². The fourth-order valence-corrected chi connectivity index (χ4v) is 0.427. The van der Waals surface area contributed by atoms with Crippen molar-refractivity contribution in [1.29, 1.82) is 0 Å². The van der Waals surface area contributed by atoms with Crippen LogP contribution >= 0.6 is 12.4 Å². The van der Waals surface area contributed by atoms with Gasteiger partial charge in [-0.05, 0) is 20.8 Å². The topological polar surface area (TPSA) is 35.2 Å². The Kier molecular flexibility index (Phi) is 6.87. The molecule has 0 aromatic heterocycles. The molecular weight excluding hydrogens is 162 g/mol. The minimum atomic E-state index is -0.261. The summed E-state index contributed by atoms with van der Waals surface area (Å²) >= 11 is 0. The zero-order chi connectivity index (χ0) is 8.20. The van der Waals surface area contributed by atoms with E-state index >= 15 is 0 Å². The standard InChI is InChI=1S/C8H17NO.ClH/c1-5-6-10-7(2)8(3,4)9;/h5,7H,1,6,9H2,2-4H3;1H. The Hall–Kier alpha value is -0.0500. The van der Waals surface area contributed by atoms with Crippen molar-refractivity contribution >= 4 is 12.4 Å². The van der Waals surface area contributed by atoms with Gasteiger partial charge in [0.15, 0.2) is 0 Å². The third-order valence-corrected chi connectivity index (χ3v) is 1.51. The van der Waals surface area contributed by atoms with E-state index in [1.807, 2.05) is 20.8 Å². The number of nitrogens with two attached hydrogens (primary N) is 1. The SMILES string of the molecule is C=CCOC(C)C(C)(C)N.Cl. The molecule has 2 nitrogen and oxygen atoms in total. The van der Waals surface area contributed by atoms with Crippen molar-refractivity contribution in [2.45, 2.75) is 32.4 Å². The Balaban J connectivity index is 0. The average molecular weight is 180 g/mol. The van der Waals surface area contributed by atoms with Crippen LogP contribution in [-0.4, -0.2) is 18.2 Å². The summed E-state index contributed by atoms with van der Waals surface area (Å²) in [6, 6.07) is 0. The molecule has 0 spiro atoms. The van der Waals surface area contributed by atoms with Crippen LogP contribution in [0.2, 0.25) is 0 Å². The predicted octanol–water partition coefficient (Wildman–Crippen LogP) is 1.74. The lowest BCUT2D eigenvalue weighted by molar-refractivity contribution is 0.0407. The fraction of sp³-hybridized carbons (Fsp3) is 0.750. The molecule has 0 saturated heterocycles. The maximum Gasteiger partial charge on any atom is 0.0725 e. The van der Waals surface area contributed by atoms with E-state index in [2.05, 4.69) is 6.58 Å². The highest BCUT2D eigenvalue weighted by atomic mass is 35.5. The van der Waals surface area contributed by atoms with E-state index in [0.29, 0.717) is 6.61 Å². The van der Waals surface area contributed by atoms with Gasteiger partial charge in [-0.2, -0.15) is 0 Å². The monoisotopic (exact) mass is 179 g/mol. The van der Waals surface area contributed by atoms with Gasteiger partial charge in [0.1, 0.15) is 0 Å². The van der Waals surface area contributed by atoms with Crippen molar-refractivity contribution in [3.8, 4) is 0 Å². The molecule has 0 aromatic carbocycles. The molecule has 0 saturated carbocycles. The first-order chi connectivity index (χ1) is 4.48. The fourth-order valence-electron chi connectivity index (χ4n) is 0.427. The van der Waals surface area contributed by atoms with Crippen LogP contribution < -0.4 is 5.73 Å². The summed E-state index contributed by atoms with van der Waals surface area (Å²) in [4.78, 5) is 0. The quantitative estimate of drug-likeness (QED) is 0.668. The number of ether oxygens (including phenoxy) is 1. The molecule has 1 atom stereocenters. The zero-order valence-corrected chi connectivity index (χ0v) is 8.28. The molecule has 0 radical (unpaired) electrons. The van der Waals surface area contributed by atoms with E-state index in [1.165, 1.54) is 0 Å². The largest absolute Gasteiger partial charge is 0.373 e. The lowest BCUT2D eigenvalue weighted by atomic mass is 10.0. The van der Waals surface area contributed by atoms with E-state index in [0.717, 1.165) is 0 Å². The number of hydrogen-bond acceptors (Lipinski definition) is 2. The van der Waals surface area contributed by atoms with Gasteiger partial charge in [0, 0.05) is 5.54 Å². The van der Waals surface area contributed by atoms with Crippen molar-refractivity contribution in [2.24, 2.45) is 5.73 Å². The second kappa shape index (κ2) is 5.58. The molecule has 0 rings (SSSR count). The summed E-state index contributed by atoms with van der Waals surface area (Å²) in [6.45, 7) is 9.97. The molecule has 0 aliphatic rings. The van der Waals surface area contributed by atoms with E-state index < -0.39 is 0 Å². The molecule has 0 aliphatic heterocycles. The molecule has 1 unspecified atom stereocenters. The van der Waals surface area contributed by atoms with Gasteiger partial charge in [-0.1, -0.05) is 6.08 Å². The van der Waals surface area contributed by atoms with Crippen LogP contribution in [-0.2, 0) is 4.74 Å². The van der Waals surface area contributed by atoms with Crippen LogP contribution in [0.4, 0.5) is 0 Å². The van der Waals surface area contributed by atoms with Gasteiger partial charge < -0.3 is 10.5 Å². The molecule has 0 bridgehead atoms. The van der Waals surface area contributed by atoms with Gasteiger partial charge in [0.2, 0.25) is 0 Å². The van der Waals surface area contributed by atoms with Crippen molar-refractivity contribution < 1.29 is 4.74 Å². The van der Waals surface area contributed by atoms with Crippen molar-refractivity contribution in [2.75, 3.05) is 6.61 Å². The molecule has 0 fully saturated rings. The lowest BCUT2D eigenvalue weighted by Crippen LogP contribution is -2.44. The summed E-state index contributed by atoms with van der Waals surface area (Å²) in [6.07, 6.45) is 1.80. The van der Waals surface area contributed by atoms with Gasteiger partial charge in [0.25, 0.3) is 0 Å². The van der Waals surface area contributed by atoms with Crippen molar-refractivity contribution in [3.63, 3.8) is 0 Å². The van der Waals surface area contributed by atoms with Crippen LogP contribution in [0, 0.1) is 0 Å². The minimum absolute atomic E-state index is 0. The Labute approximate surface area is 75.2 Å². The Morgan fingerprint density at radius 3 is 2.36 bits per heavy atom. The van der Waals surface area contributed by atoms with E-state index in [9.17, 15) is 0 Å². The van der Waals surface area contributed by atoms with Crippen LogP contribution in [0.3, 0.4) is 0 Å². The second-order valence-corrected chi connectivity index (χ2v) is 3.09. The van der Waals surface area contributed by atoms with E-state index in [4.69, 9.17) is 10.5 Å². The Morgan fingerprint density at radius 1 is 1.64 bits per heavy atom. The summed E-state index contributed by atoms with van der Waals surface area (Å²) < 4.78 is 5.31. The maximum atomic E-state index is 5.76.